The van der Waals surface area contributed by atoms with E-state index in [9.17, 15) is 4.79 Å². The monoisotopic (exact) mass is 429 g/mol. The highest BCUT2D eigenvalue weighted by atomic mass is 79.9. The van der Waals surface area contributed by atoms with E-state index in [-0.39, 0.29) is 11.9 Å². The van der Waals surface area contributed by atoms with Crippen LogP contribution in [-0.4, -0.2) is 11.9 Å². The molecule has 110 valence electrons. The van der Waals surface area contributed by atoms with Crippen molar-refractivity contribution in [3.8, 4) is 0 Å². The molecule has 0 aliphatic rings. The van der Waals surface area contributed by atoms with Gasteiger partial charge in [-0.05, 0) is 65.2 Å². The van der Waals surface area contributed by atoms with Crippen LogP contribution < -0.4 is 5.32 Å². The van der Waals surface area contributed by atoms with Crippen LogP contribution in [0.1, 0.15) is 22.8 Å². The van der Waals surface area contributed by atoms with Gasteiger partial charge in [-0.2, -0.15) is 0 Å². The first-order valence-electron chi connectivity index (χ1n) is 6.46. The van der Waals surface area contributed by atoms with Crippen LogP contribution in [0, 0.1) is 0 Å². The average molecular weight is 432 g/mol. The van der Waals surface area contributed by atoms with Crippen LogP contribution in [0.3, 0.4) is 0 Å². The quantitative estimate of drug-likeness (QED) is 0.706. The highest BCUT2D eigenvalue weighted by Crippen LogP contribution is 2.22. The van der Waals surface area contributed by atoms with Gasteiger partial charge in [-0.3, -0.25) is 4.79 Å². The minimum Gasteiger partial charge on any atom is -0.349 e. The summed E-state index contributed by atoms with van der Waals surface area (Å²) >= 11 is 12.7. The lowest BCUT2D eigenvalue weighted by Crippen LogP contribution is -2.34. The minimum absolute atomic E-state index is 0.0199. The molecular formula is C16H14Br2ClNO. The number of carbonyl (C=O) groups excluding carboxylic acids is 1. The second-order valence-corrected chi connectivity index (χ2v) is 7.04. The smallest absolute Gasteiger partial charge is 0.252 e. The van der Waals surface area contributed by atoms with Gasteiger partial charge in [-0.15, -0.1) is 0 Å². The predicted molar refractivity (Wildman–Crippen MR) is 93.9 cm³/mol. The van der Waals surface area contributed by atoms with Crippen molar-refractivity contribution in [2.75, 3.05) is 0 Å². The molecule has 2 aromatic carbocycles. The molecule has 1 N–H and O–H groups in total. The van der Waals surface area contributed by atoms with Gasteiger partial charge in [0.25, 0.3) is 5.91 Å². The molecule has 0 bridgehead atoms. The van der Waals surface area contributed by atoms with Crippen molar-refractivity contribution in [3.63, 3.8) is 0 Å². The Kier molecular flexibility index (Phi) is 5.85. The fraction of sp³-hybridized carbons (Fsp3) is 0.188. The minimum atomic E-state index is -0.0936. The molecular weight excluding hydrogens is 417 g/mol. The van der Waals surface area contributed by atoms with E-state index < -0.39 is 0 Å². The Bertz CT molecular complexity index is 660. The van der Waals surface area contributed by atoms with Crippen LogP contribution in [0.15, 0.2) is 51.4 Å². The van der Waals surface area contributed by atoms with E-state index >= 15 is 0 Å². The summed E-state index contributed by atoms with van der Waals surface area (Å²) in [5, 5.41) is 3.71. The normalized spacial score (nSPS) is 12.0. The molecule has 1 unspecified atom stereocenters. The van der Waals surface area contributed by atoms with Crippen molar-refractivity contribution in [3.05, 3.63) is 67.6 Å². The number of carbonyl (C=O) groups is 1. The van der Waals surface area contributed by atoms with E-state index in [2.05, 4.69) is 37.2 Å². The van der Waals surface area contributed by atoms with Gasteiger partial charge >= 0.3 is 0 Å². The van der Waals surface area contributed by atoms with E-state index in [1.54, 1.807) is 6.07 Å². The Morgan fingerprint density at radius 2 is 2.00 bits per heavy atom. The summed E-state index contributed by atoms with van der Waals surface area (Å²) in [5.74, 6) is -0.0936. The van der Waals surface area contributed by atoms with E-state index in [0.29, 0.717) is 10.6 Å². The molecule has 21 heavy (non-hydrogen) atoms. The van der Waals surface area contributed by atoms with Crippen molar-refractivity contribution >= 4 is 49.4 Å². The largest absolute Gasteiger partial charge is 0.349 e. The molecule has 0 aromatic heterocycles. The van der Waals surface area contributed by atoms with Gasteiger partial charge < -0.3 is 5.32 Å². The number of benzene rings is 2. The third-order valence-corrected chi connectivity index (χ3v) is 4.37. The van der Waals surface area contributed by atoms with Crippen LogP contribution >= 0.6 is 43.5 Å². The fourth-order valence-electron chi connectivity index (χ4n) is 2.04. The summed E-state index contributed by atoms with van der Waals surface area (Å²) < 4.78 is 1.70. The molecule has 0 spiro atoms. The zero-order valence-corrected chi connectivity index (χ0v) is 15.3. The SMILES string of the molecule is CC(Cc1cccc(Cl)c1)NC(=O)c1ccc(Br)cc1Br. The first-order chi connectivity index (χ1) is 9.95. The second kappa shape index (κ2) is 7.43. The number of hydrogen-bond acceptors (Lipinski definition) is 1. The predicted octanol–water partition coefficient (Wildman–Crippen LogP) is 5.23. The molecule has 1 atom stereocenters. The van der Waals surface area contributed by atoms with Crippen molar-refractivity contribution in [1.29, 1.82) is 0 Å². The summed E-state index contributed by atoms with van der Waals surface area (Å²) in [6, 6.07) is 13.2. The van der Waals surface area contributed by atoms with Crippen molar-refractivity contribution in [1.82, 2.24) is 5.32 Å². The molecule has 2 rings (SSSR count). The van der Waals surface area contributed by atoms with E-state index in [4.69, 9.17) is 11.6 Å². The maximum absolute atomic E-state index is 12.3. The summed E-state index contributed by atoms with van der Waals surface area (Å²) in [7, 11) is 0. The summed E-state index contributed by atoms with van der Waals surface area (Å²) in [6.45, 7) is 1.98. The zero-order chi connectivity index (χ0) is 15.4. The number of amides is 1. The lowest BCUT2D eigenvalue weighted by atomic mass is 10.1. The fourth-order valence-corrected chi connectivity index (χ4v) is 3.48. The summed E-state index contributed by atoms with van der Waals surface area (Å²) in [4.78, 5) is 12.3. The van der Waals surface area contributed by atoms with Crippen LogP contribution in [0.25, 0.3) is 0 Å². The van der Waals surface area contributed by atoms with Gasteiger partial charge in [0.2, 0.25) is 0 Å². The Morgan fingerprint density at radius 3 is 2.67 bits per heavy atom. The average Bonchev–Trinajstić information content (AvgIpc) is 2.38. The molecule has 0 fully saturated rings. The van der Waals surface area contributed by atoms with E-state index in [1.165, 1.54) is 0 Å². The third kappa shape index (κ3) is 4.83. The molecule has 0 heterocycles. The first-order valence-corrected chi connectivity index (χ1v) is 8.42. The molecule has 2 aromatic rings. The maximum atomic E-state index is 12.3. The molecule has 0 radical (unpaired) electrons. The molecule has 0 aliphatic heterocycles. The molecule has 1 amide bonds. The van der Waals surface area contributed by atoms with Gasteiger partial charge in [0.15, 0.2) is 0 Å². The third-order valence-electron chi connectivity index (χ3n) is 2.98. The molecule has 5 heteroatoms. The molecule has 2 nitrogen and oxygen atoms in total. The number of hydrogen-bond donors (Lipinski definition) is 1. The lowest BCUT2D eigenvalue weighted by Gasteiger charge is -2.15. The van der Waals surface area contributed by atoms with Crippen molar-refractivity contribution in [2.45, 2.75) is 19.4 Å². The van der Waals surface area contributed by atoms with Crippen molar-refractivity contribution in [2.24, 2.45) is 0 Å². The number of nitrogens with one attached hydrogen (secondary N) is 1. The van der Waals surface area contributed by atoms with Gasteiger partial charge in [-0.1, -0.05) is 39.7 Å². The Labute approximate surface area is 146 Å². The van der Waals surface area contributed by atoms with Crippen LogP contribution in [0.4, 0.5) is 0 Å². The number of rotatable bonds is 4. The Hall–Kier alpha value is -0.840. The van der Waals surface area contributed by atoms with Gasteiger partial charge in [-0.25, -0.2) is 0 Å². The standard InChI is InChI=1S/C16H14Br2ClNO/c1-10(7-11-3-2-4-13(19)8-11)20-16(21)14-6-5-12(17)9-15(14)18/h2-6,8-10H,7H2,1H3,(H,20,21). The molecule has 0 saturated heterocycles. The summed E-state index contributed by atoms with van der Waals surface area (Å²) in [6.07, 6.45) is 0.737. The summed E-state index contributed by atoms with van der Waals surface area (Å²) in [5.41, 5.74) is 1.72. The Morgan fingerprint density at radius 1 is 1.24 bits per heavy atom. The van der Waals surface area contributed by atoms with Crippen LogP contribution in [0.5, 0.6) is 0 Å². The van der Waals surface area contributed by atoms with E-state index in [1.807, 2.05) is 43.3 Å². The molecule has 0 saturated carbocycles. The second-order valence-electron chi connectivity index (χ2n) is 4.83. The van der Waals surface area contributed by atoms with Gasteiger partial charge in [0.05, 0.1) is 5.56 Å². The Balaban J connectivity index is 2.02. The maximum Gasteiger partial charge on any atom is 0.252 e. The van der Waals surface area contributed by atoms with Gasteiger partial charge in [0.1, 0.15) is 0 Å². The molecule has 0 aliphatic carbocycles. The lowest BCUT2D eigenvalue weighted by molar-refractivity contribution is 0.0939. The van der Waals surface area contributed by atoms with Crippen LogP contribution in [-0.2, 0) is 6.42 Å². The van der Waals surface area contributed by atoms with Crippen LogP contribution in [0.2, 0.25) is 5.02 Å². The number of halogens is 3. The highest BCUT2D eigenvalue weighted by molar-refractivity contribution is 9.11. The topological polar surface area (TPSA) is 29.1 Å². The van der Waals surface area contributed by atoms with Gasteiger partial charge in [0, 0.05) is 20.0 Å². The van der Waals surface area contributed by atoms with E-state index in [0.717, 1.165) is 20.9 Å². The first kappa shape index (κ1) is 16.5. The van der Waals surface area contributed by atoms with Crippen molar-refractivity contribution < 1.29 is 4.79 Å². The highest BCUT2D eigenvalue weighted by Gasteiger charge is 2.13. The zero-order valence-electron chi connectivity index (χ0n) is 11.4.